The van der Waals surface area contributed by atoms with Crippen LogP contribution in [-0.2, 0) is 0 Å². The van der Waals surface area contributed by atoms with Crippen molar-refractivity contribution < 1.29 is 14.1 Å². The number of amides is 1. The first-order valence-electron chi connectivity index (χ1n) is 10.1. The number of nitrogens with zero attached hydrogens (tertiary/aromatic N) is 3. The second-order valence-electron chi connectivity index (χ2n) is 7.21. The van der Waals surface area contributed by atoms with Gasteiger partial charge in [-0.2, -0.15) is 0 Å². The number of benzene rings is 3. The molecule has 0 spiro atoms. The number of nitrogens with one attached hydrogen (secondary N) is 1. The first kappa shape index (κ1) is 20.1. The molecule has 0 unspecified atom stereocenters. The number of aromatic nitrogens is 2. The minimum atomic E-state index is -0.452. The normalized spacial score (nSPS) is 10.8. The van der Waals surface area contributed by atoms with E-state index >= 15 is 0 Å². The Morgan fingerprint density at radius 3 is 2.42 bits per heavy atom. The third-order valence-electron chi connectivity index (χ3n) is 5.15. The number of anilines is 1. The Hall–Kier alpha value is -4.85. The van der Waals surface area contributed by atoms with Crippen molar-refractivity contribution in [2.75, 3.05) is 5.32 Å². The molecule has 0 aliphatic carbocycles. The second kappa shape index (κ2) is 8.35. The lowest BCUT2D eigenvalue weighted by Gasteiger charge is -2.11. The first-order chi connectivity index (χ1) is 16.1. The molecule has 0 atom stereocenters. The summed E-state index contributed by atoms with van der Waals surface area (Å²) in [6.07, 6.45) is 3.14. The Morgan fingerprint density at radius 1 is 0.909 bits per heavy atom. The minimum Gasteiger partial charge on any atom is -0.436 e. The fraction of sp³-hybridized carbons (Fsp3) is 0. The Balaban J connectivity index is 1.54. The number of carbonyl (C=O) groups is 1. The summed E-state index contributed by atoms with van der Waals surface area (Å²) in [7, 11) is 0. The molecule has 0 radical (unpaired) electrons. The SMILES string of the molecule is O=C(Nc1cccc2cccc(-c3ncc(-c4ccc([N+](=O)[O-])cc4)o3)c12)c1ccccn1. The summed E-state index contributed by atoms with van der Waals surface area (Å²) in [5.74, 6) is 0.525. The highest BCUT2D eigenvalue weighted by atomic mass is 16.6. The minimum absolute atomic E-state index is 0.000770. The summed E-state index contributed by atoms with van der Waals surface area (Å²) in [4.78, 5) is 31.7. The van der Waals surface area contributed by atoms with E-state index in [1.54, 1.807) is 42.7 Å². The van der Waals surface area contributed by atoms with Gasteiger partial charge in [0.25, 0.3) is 11.6 Å². The number of nitro groups is 1. The molecular weight excluding hydrogens is 420 g/mol. The molecule has 3 aromatic carbocycles. The van der Waals surface area contributed by atoms with Crippen LogP contribution < -0.4 is 5.32 Å². The monoisotopic (exact) mass is 436 g/mol. The molecule has 2 heterocycles. The highest BCUT2D eigenvalue weighted by Crippen LogP contribution is 2.35. The van der Waals surface area contributed by atoms with Crippen molar-refractivity contribution in [1.29, 1.82) is 0 Å². The highest BCUT2D eigenvalue weighted by molar-refractivity contribution is 6.11. The lowest BCUT2D eigenvalue weighted by Crippen LogP contribution is -2.13. The topological polar surface area (TPSA) is 111 Å². The maximum absolute atomic E-state index is 12.7. The Kier molecular flexibility index (Phi) is 5.08. The fourth-order valence-corrected chi connectivity index (χ4v) is 3.59. The van der Waals surface area contributed by atoms with E-state index in [4.69, 9.17) is 4.42 Å². The van der Waals surface area contributed by atoms with Crippen LogP contribution in [-0.4, -0.2) is 20.8 Å². The number of carbonyl (C=O) groups excluding carboxylic acids is 1. The summed E-state index contributed by atoms with van der Waals surface area (Å²) >= 11 is 0. The van der Waals surface area contributed by atoms with E-state index in [9.17, 15) is 14.9 Å². The summed E-state index contributed by atoms with van der Waals surface area (Å²) in [5.41, 5.74) is 2.29. The number of hydrogen-bond acceptors (Lipinski definition) is 6. The molecule has 8 heteroatoms. The number of nitro benzene ring substituents is 1. The molecule has 1 amide bonds. The van der Waals surface area contributed by atoms with Crippen LogP contribution >= 0.6 is 0 Å². The van der Waals surface area contributed by atoms with Gasteiger partial charge in [-0.1, -0.05) is 30.3 Å². The lowest BCUT2D eigenvalue weighted by atomic mass is 10.0. The fourth-order valence-electron chi connectivity index (χ4n) is 3.59. The number of rotatable bonds is 5. The molecule has 160 valence electrons. The predicted octanol–water partition coefficient (Wildman–Crippen LogP) is 5.72. The molecule has 0 saturated carbocycles. The zero-order chi connectivity index (χ0) is 22.8. The van der Waals surface area contributed by atoms with Crippen molar-refractivity contribution in [2.45, 2.75) is 0 Å². The summed E-state index contributed by atoms with van der Waals surface area (Å²) in [6.45, 7) is 0. The van der Waals surface area contributed by atoms with Crippen LogP contribution in [0.5, 0.6) is 0 Å². The second-order valence-corrected chi connectivity index (χ2v) is 7.21. The molecule has 5 rings (SSSR count). The van der Waals surface area contributed by atoms with Gasteiger partial charge in [0, 0.05) is 40.5 Å². The van der Waals surface area contributed by atoms with Gasteiger partial charge in [0.1, 0.15) is 5.69 Å². The molecule has 33 heavy (non-hydrogen) atoms. The largest absolute Gasteiger partial charge is 0.436 e. The number of pyridine rings is 1. The van der Waals surface area contributed by atoms with Gasteiger partial charge in [0.2, 0.25) is 5.89 Å². The molecule has 1 N–H and O–H groups in total. The molecule has 5 aromatic rings. The number of non-ortho nitro benzene ring substituents is 1. The average molecular weight is 436 g/mol. The van der Waals surface area contributed by atoms with Gasteiger partial charge in [-0.15, -0.1) is 0 Å². The zero-order valence-corrected chi connectivity index (χ0v) is 17.1. The van der Waals surface area contributed by atoms with E-state index in [1.807, 2.05) is 36.4 Å². The van der Waals surface area contributed by atoms with E-state index in [-0.39, 0.29) is 11.6 Å². The molecule has 0 aliphatic heterocycles. The van der Waals surface area contributed by atoms with Crippen molar-refractivity contribution in [3.8, 4) is 22.8 Å². The van der Waals surface area contributed by atoms with Crippen LogP contribution in [0.4, 0.5) is 11.4 Å². The molecule has 0 fully saturated rings. The molecule has 0 saturated heterocycles. The van der Waals surface area contributed by atoms with Crippen LogP contribution in [0.3, 0.4) is 0 Å². The van der Waals surface area contributed by atoms with Crippen molar-refractivity contribution in [1.82, 2.24) is 9.97 Å². The molecule has 2 aromatic heterocycles. The standard InChI is InChI=1S/C25H16N4O4/c30-24(21-8-1-2-14-26-21)28-20-9-4-6-17-5-3-7-19(23(17)20)25-27-15-22(33-25)16-10-12-18(13-11-16)29(31)32/h1-15H,(H,28,30). The van der Waals surface area contributed by atoms with Crippen LogP contribution in [0.15, 0.2) is 95.7 Å². The van der Waals surface area contributed by atoms with E-state index in [2.05, 4.69) is 15.3 Å². The number of hydrogen-bond donors (Lipinski definition) is 1. The maximum atomic E-state index is 12.7. The highest BCUT2D eigenvalue weighted by Gasteiger charge is 2.16. The van der Waals surface area contributed by atoms with E-state index in [1.165, 1.54) is 12.1 Å². The van der Waals surface area contributed by atoms with Gasteiger partial charge in [-0.05, 0) is 41.8 Å². The van der Waals surface area contributed by atoms with Crippen molar-refractivity contribution in [2.24, 2.45) is 0 Å². The van der Waals surface area contributed by atoms with Crippen LogP contribution in [0.1, 0.15) is 10.5 Å². The van der Waals surface area contributed by atoms with Gasteiger partial charge >= 0.3 is 0 Å². The molecule has 0 aliphatic rings. The third kappa shape index (κ3) is 3.92. The van der Waals surface area contributed by atoms with Crippen LogP contribution in [0.2, 0.25) is 0 Å². The number of oxazole rings is 1. The molecule has 0 bridgehead atoms. The van der Waals surface area contributed by atoms with Crippen molar-refractivity contribution >= 4 is 28.1 Å². The summed E-state index contributed by atoms with van der Waals surface area (Å²) in [6, 6.07) is 22.5. The summed E-state index contributed by atoms with van der Waals surface area (Å²) in [5, 5.41) is 15.5. The molecular formula is C25H16N4O4. The van der Waals surface area contributed by atoms with Gasteiger partial charge in [-0.25, -0.2) is 4.98 Å². The van der Waals surface area contributed by atoms with Gasteiger partial charge in [-0.3, -0.25) is 19.9 Å². The van der Waals surface area contributed by atoms with Crippen LogP contribution in [0, 0.1) is 10.1 Å². The Bertz CT molecular complexity index is 1470. The Morgan fingerprint density at radius 2 is 1.70 bits per heavy atom. The van der Waals surface area contributed by atoms with Crippen molar-refractivity contribution in [3.05, 3.63) is 107 Å². The smallest absolute Gasteiger partial charge is 0.274 e. The van der Waals surface area contributed by atoms with E-state index < -0.39 is 4.92 Å². The van der Waals surface area contributed by atoms with Crippen LogP contribution in [0.25, 0.3) is 33.6 Å². The molecule has 8 nitrogen and oxygen atoms in total. The van der Waals surface area contributed by atoms with Gasteiger partial charge in [0.05, 0.1) is 11.1 Å². The quantitative estimate of drug-likeness (QED) is 0.279. The predicted molar refractivity (Wildman–Crippen MR) is 124 cm³/mol. The average Bonchev–Trinajstić information content (AvgIpc) is 3.34. The lowest BCUT2D eigenvalue weighted by molar-refractivity contribution is -0.384. The van der Waals surface area contributed by atoms with E-state index in [0.717, 1.165) is 10.8 Å². The maximum Gasteiger partial charge on any atom is 0.274 e. The van der Waals surface area contributed by atoms with E-state index in [0.29, 0.717) is 34.2 Å². The third-order valence-corrected chi connectivity index (χ3v) is 5.15. The zero-order valence-electron chi connectivity index (χ0n) is 17.1. The van der Waals surface area contributed by atoms with Crippen molar-refractivity contribution in [3.63, 3.8) is 0 Å². The van der Waals surface area contributed by atoms with Gasteiger partial charge < -0.3 is 9.73 Å². The number of fused-ring (bicyclic) bond motifs is 1. The summed E-state index contributed by atoms with van der Waals surface area (Å²) < 4.78 is 6.00. The van der Waals surface area contributed by atoms with Gasteiger partial charge in [0.15, 0.2) is 5.76 Å². The first-order valence-corrected chi connectivity index (χ1v) is 10.1. The Labute approximate surface area is 187 Å².